The lowest BCUT2D eigenvalue weighted by atomic mass is 10.2. The van der Waals surface area contributed by atoms with Crippen molar-refractivity contribution in [2.45, 2.75) is 26.2 Å². The average molecular weight is 230 g/mol. The Hall–Kier alpha value is -0.960. The Morgan fingerprint density at radius 1 is 1.53 bits per heavy atom. The van der Waals surface area contributed by atoms with Gasteiger partial charge in [0, 0.05) is 13.6 Å². The third-order valence-electron chi connectivity index (χ3n) is 2.29. The maximum absolute atomic E-state index is 11.8. The Morgan fingerprint density at radius 3 is 2.80 bits per heavy atom. The van der Waals surface area contributed by atoms with Gasteiger partial charge in [-0.25, -0.2) is 0 Å². The molecule has 0 N–H and O–H groups in total. The van der Waals surface area contributed by atoms with E-state index in [4.69, 9.17) is 16.0 Å². The molecule has 4 heteroatoms. The first-order valence-electron chi connectivity index (χ1n) is 5.15. The predicted molar refractivity (Wildman–Crippen MR) is 60.2 cm³/mol. The standard InChI is InChI=1S/C11H16ClNO2/c1-3-4-5-7-13(2)11(14)9-6-8-15-10(9)12/h6,8H,3-5,7H2,1-2H3. The molecule has 0 radical (unpaired) electrons. The van der Waals surface area contributed by atoms with Gasteiger partial charge in [0.05, 0.1) is 11.8 Å². The molecule has 1 rings (SSSR count). The van der Waals surface area contributed by atoms with Crippen LogP contribution >= 0.6 is 11.6 Å². The van der Waals surface area contributed by atoms with Gasteiger partial charge in [0.15, 0.2) is 0 Å². The van der Waals surface area contributed by atoms with Gasteiger partial charge in [-0.15, -0.1) is 0 Å². The molecule has 0 saturated heterocycles. The van der Waals surface area contributed by atoms with Gasteiger partial charge >= 0.3 is 0 Å². The summed E-state index contributed by atoms with van der Waals surface area (Å²) in [5.41, 5.74) is 0.440. The van der Waals surface area contributed by atoms with Crippen molar-refractivity contribution in [1.29, 1.82) is 0 Å². The smallest absolute Gasteiger partial charge is 0.258 e. The van der Waals surface area contributed by atoms with Crippen LogP contribution in [-0.4, -0.2) is 24.4 Å². The zero-order valence-electron chi connectivity index (χ0n) is 9.12. The lowest BCUT2D eigenvalue weighted by Gasteiger charge is -2.15. The molecule has 3 nitrogen and oxygen atoms in total. The van der Waals surface area contributed by atoms with Gasteiger partial charge in [-0.1, -0.05) is 19.8 Å². The van der Waals surface area contributed by atoms with E-state index in [0.717, 1.165) is 25.8 Å². The van der Waals surface area contributed by atoms with Crippen LogP contribution in [0, 0.1) is 0 Å². The highest BCUT2D eigenvalue weighted by atomic mass is 35.5. The number of carbonyl (C=O) groups excluding carboxylic acids is 1. The third-order valence-corrected chi connectivity index (χ3v) is 2.58. The number of rotatable bonds is 5. The largest absolute Gasteiger partial charge is 0.452 e. The van der Waals surface area contributed by atoms with Crippen LogP contribution in [0.25, 0.3) is 0 Å². The van der Waals surface area contributed by atoms with Crippen LogP contribution in [0.2, 0.25) is 5.22 Å². The normalized spacial score (nSPS) is 10.3. The number of furan rings is 1. The van der Waals surface area contributed by atoms with E-state index in [1.54, 1.807) is 18.0 Å². The van der Waals surface area contributed by atoms with Gasteiger partial charge in [-0.2, -0.15) is 0 Å². The summed E-state index contributed by atoms with van der Waals surface area (Å²) >= 11 is 5.73. The second kappa shape index (κ2) is 5.81. The first kappa shape index (κ1) is 12.1. The number of nitrogens with zero attached hydrogens (tertiary/aromatic N) is 1. The molecule has 0 aliphatic rings. The summed E-state index contributed by atoms with van der Waals surface area (Å²) in [6.45, 7) is 2.89. The van der Waals surface area contributed by atoms with Crippen molar-refractivity contribution < 1.29 is 9.21 Å². The van der Waals surface area contributed by atoms with Crippen molar-refractivity contribution in [3.05, 3.63) is 23.1 Å². The van der Waals surface area contributed by atoms with E-state index in [-0.39, 0.29) is 11.1 Å². The minimum atomic E-state index is -0.0788. The van der Waals surface area contributed by atoms with Crippen molar-refractivity contribution in [2.24, 2.45) is 0 Å². The van der Waals surface area contributed by atoms with Crippen molar-refractivity contribution in [1.82, 2.24) is 4.90 Å². The first-order valence-corrected chi connectivity index (χ1v) is 5.53. The van der Waals surface area contributed by atoms with Gasteiger partial charge in [0.2, 0.25) is 5.22 Å². The highest BCUT2D eigenvalue weighted by Crippen LogP contribution is 2.18. The van der Waals surface area contributed by atoms with Crippen molar-refractivity contribution in [2.75, 3.05) is 13.6 Å². The molecule has 1 heterocycles. The second-order valence-electron chi connectivity index (χ2n) is 3.54. The van der Waals surface area contributed by atoms with Crippen molar-refractivity contribution >= 4 is 17.5 Å². The third kappa shape index (κ3) is 3.27. The Bertz CT molecular complexity index is 322. The van der Waals surface area contributed by atoms with Crippen LogP contribution in [0.3, 0.4) is 0 Å². The van der Waals surface area contributed by atoms with E-state index in [2.05, 4.69) is 6.92 Å². The molecule has 15 heavy (non-hydrogen) atoms. The zero-order chi connectivity index (χ0) is 11.3. The van der Waals surface area contributed by atoms with Gasteiger partial charge in [0.1, 0.15) is 0 Å². The number of halogens is 1. The van der Waals surface area contributed by atoms with E-state index >= 15 is 0 Å². The summed E-state index contributed by atoms with van der Waals surface area (Å²) in [6.07, 6.45) is 4.73. The molecular formula is C11H16ClNO2. The molecule has 0 aliphatic carbocycles. The number of hydrogen-bond donors (Lipinski definition) is 0. The summed E-state index contributed by atoms with van der Waals surface area (Å²) in [4.78, 5) is 13.5. The average Bonchev–Trinajstić information content (AvgIpc) is 2.63. The zero-order valence-corrected chi connectivity index (χ0v) is 9.88. The van der Waals surface area contributed by atoms with Gasteiger partial charge in [-0.05, 0) is 24.1 Å². The van der Waals surface area contributed by atoms with Gasteiger partial charge < -0.3 is 9.32 Å². The predicted octanol–water partition coefficient (Wildman–Crippen LogP) is 3.20. The molecule has 84 valence electrons. The molecule has 1 amide bonds. The molecule has 0 fully saturated rings. The molecular weight excluding hydrogens is 214 g/mol. The molecule has 0 spiro atoms. The minimum Gasteiger partial charge on any atom is -0.452 e. The monoisotopic (exact) mass is 229 g/mol. The Morgan fingerprint density at radius 2 is 2.27 bits per heavy atom. The van der Waals surface area contributed by atoms with E-state index in [1.807, 2.05) is 0 Å². The summed E-state index contributed by atoms with van der Waals surface area (Å²) in [5.74, 6) is -0.0788. The van der Waals surface area contributed by atoms with Crippen LogP contribution in [-0.2, 0) is 0 Å². The lowest BCUT2D eigenvalue weighted by Crippen LogP contribution is -2.27. The number of unbranched alkanes of at least 4 members (excludes halogenated alkanes) is 2. The summed E-state index contributed by atoms with van der Waals surface area (Å²) in [7, 11) is 1.78. The summed E-state index contributed by atoms with van der Waals surface area (Å²) in [5, 5.41) is 0.169. The lowest BCUT2D eigenvalue weighted by molar-refractivity contribution is 0.0792. The quantitative estimate of drug-likeness (QED) is 0.727. The highest BCUT2D eigenvalue weighted by molar-refractivity contribution is 6.32. The molecule has 0 unspecified atom stereocenters. The van der Waals surface area contributed by atoms with Gasteiger partial charge in [-0.3, -0.25) is 4.79 Å². The fraction of sp³-hybridized carbons (Fsp3) is 0.545. The van der Waals surface area contributed by atoms with Crippen LogP contribution in [0.1, 0.15) is 36.5 Å². The highest BCUT2D eigenvalue weighted by Gasteiger charge is 2.16. The Balaban J connectivity index is 2.50. The SMILES string of the molecule is CCCCCN(C)C(=O)c1ccoc1Cl. The molecule has 1 aromatic heterocycles. The maximum Gasteiger partial charge on any atom is 0.258 e. The van der Waals surface area contributed by atoms with Crippen LogP contribution in [0.4, 0.5) is 0 Å². The Kier molecular flexibility index (Phi) is 4.69. The van der Waals surface area contributed by atoms with Crippen molar-refractivity contribution in [3.63, 3.8) is 0 Å². The number of amides is 1. The molecule has 0 bridgehead atoms. The van der Waals surface area contributed by atoms with E-state index in [0.29, 0.717) is 5.56 Å². The topological polar surface area (TPSA) is 33.5 Å². The van der Waals surface area contributed by atoms with Crippen LogP contribution < -0.4 is 0 Å². The first-order chi connectivity index (χ1) is 7.16. The summed E-state index contributed by atoms with van der Waals surface area (Å²) in [6, 6.07) is 1.60. The molecule has 0 aliphatic heterocycles. The number of carbonyl (C=O) groups is 1. The fourth-order valence-corrected chi connectivity index (χ4v) is 1.55. The second-order valence-corrected chi connectivity index (χ2v) is 3.89. The summed E-state index contributed by atoms with van der Waals surface area (Å²) < 4.78 is 4.88. The molecule has 0 saturated carbocycles. The Labute approximate surface area is 95.0 Å². The van der Waals surface area contributed by atoms with E-state index in [1.165, 1.54) is 6.26 Å². The van der Waals surface area contributed by atoms with Crippen molar-refractivity contribution in [3.8, 4) is 0 Å². The molecule has 0 atom stereocenters. The molecule has 0 aromatic carbocycles. The maximum atomic E-state index is 11.8. The van der Waals surface area contributed by atoms with E-state index in [9.17, 15) is 4.79 Å². The van der Waals surface area contributed by atoms with Crippen LogP contribution in [0.15, 0.2) is 16.7 Å². The van der Waals surface area contributed by atoms with E-state index < -0.39 is 0 Å². The fourth-order valence-electron chi connectivity index (χ4n) is 1.35. The van der Waals surface area contributed by atoms with Crippen LogP contribution in [0.5, 0.6) is 0 Å². The molecule has 1 aromatic rings. The van der Waals surface area contributed by atoms with Gasteiger partial charge in [0.25, 0.3) is 5.91 Å². The minimum absolute atomic E-state index is 0.0788. The number of hydrogen-bond acceptors (Lipinski definition) is 2.